The zero-order chi connectivity index (χ0) is 11.4. The summed E-state index contributed by atoms with van der Waals surface area (Å²) in [6.07, 6.45) is 4.72. The van der Waals surface area contributed by atoms with Crippen LogP contribution in [0.1, 0.15) is 31.9 Å². The van der Waals surface area contributed by atoms with Crippen molar-refractivity contribution in [2.45, 2.75) is 44.9 Å². The van der Waals surface area contributed by atoms with Crippen LogP contribution in [0.25, 0.3) is 0 Å². The third-order valence-electron chi connectivity index (χ3n) is 3.39. The fourth-order valence-electron chi connectivity index (χ4n) is 2.47. The van der Waals surface area contributed by atoms with Crippen molar-refractivity contribution < 1.29 is 5.11 Å². The molecule has 3 heteroatoms. The van der Waals surface area contributed by atoms with Gasteiger partial charge in [0, 0.05) is 18.8 Å². The molecule has 0 radical (unpaired) electrons. The van der Waals surface area contributed by atoms with Crippen molar-refractivity contribution in [2.75, 3.05) is 6.54 Å². The number of aliphatic hydroxyl groups is 1. The summed E-state index contributed by atoms with van der Waals surface area (Å²) in [5, 5.41) is 9.57. The van der Waals surface area contributed by atoms with E-state index in [-0.39, 0.29) is 6.10 Å². The molecule has 16 heavy (non-hydrogen) atoms. The quantitative estimate of drug-likeness (QED) is 0.840. The highest BCUT2D eigenvalue weighted by Crippen LogP contribution is 2.24. The van der Waals surface area contributed by atoms with Crippen LogP contribution < -0.4 is 0 Å². The highest BCUT2D eigenvalue weighted by atomic mass is 16.3. The van der Waals surface area contributed by atoms with Crippen LogP contribution in [0.15, 0.2) is 24.4 Å². The van der Waals surface area contributed by atoms with Crippen LogP contribution in [-0.2, 0) is 6.54 Å². The molecule has 1 heterocycles. The van der Waals surface area contributed by atoms with E-state index in [1.807, 2.05) is 18.3 Å². The van der Waals surface area contributed by atoms with Crippen LogP contribution in [0.4, 0.5) is 0 Å². The molecule has 1 aromatic heterocycles. The zero-order valence-electron chi connectivity index (χ0n) is 9.84. The average molecular weight is 220 g/mol. The summed E-state index contributed by atoms with van der Waals surface area (Å²) in [6, 6.07) is 6.56. The van der Waals surface area contributed by atoms with E-state index in [4.69, 9.17) is 0 Å². The minimum atomic E-state index is -0.0946. The molecular formula is C13H20N2O. The largest absolute Gasteiger partial charge is 0.393 e. The first-order valence-corrected chi connectivity index (χ1v) is 6.11. The van der Waals surface area contributed by atoms with Crippen LogP contribution in [0.3, 0.4) is 0 Å². The van der Waals surface area contributed by atoms with Crippen molar-refractivity contribution in [3.63, 3.8) is 0 Å². The van der Waals surface area contributed by atoms with Crippen LogP contribution in [-0.4, -0.2) is 33.7 Å². The van der Waals surface area contributed by atoms with Gasteiger partial charge in [0.15, 0.2) is 0 Å². The standard InChI is InChI=1S/C13H20N2O/c1-2-15(12-6-7-13(16)9-12)10-11-5-3-4-8-14-11/h3-5,8,12-13,16H,2,6-7,9-10H2,1H3. The number of nitrogens with zero attached hydrogens (tertiary/aromatic N) is 2. The maximum Gasteiger partial charge on any atom is 0.0555 e. The molecule has 0 saturated heterocycles. The van der Waals surface area contributed by atoms with E-state index in [1.54, 1.807) is 0 Å². The van der Waals surface area contributed by atoms with Gasteiger partial charge in [-0.2, -0.15) is 0 Å². The number of aliphatic hydroxyl groups excluding tert-OH is 1. The molecule has 3 nitrogen and oxygen atoms in total. The lowest BCUT2D eigenvalue weighted by molar-refractivity contribution is 0.149. The molecule has 0 spiro atoms. The Kier molecular flexibility index (Phi) is 3.91. The van der Waals surface area contributed by atoms with Gasteiger partial charge in [0.1, 0.15) is 0 Å². The molecule has 0 aliphatic heterocycles. The summed E-state index contributed by atoms with van der Waals surface area (Å²) >= 11 is 0. The minimum Gasteiger partial charge on any atom is -0.393 e. The molecular weight excluding hydrogens is 200 g/mol. The first-order valence-electron chi connectivity index (χ1n) is 6.11. The molecule has 2 rings (SSSR count). The van der Waals surface area contributed by atoms with Gasteiger partial charge in [0.25, 0.3) is 0 Å². The van der Waals surface area contributed by atoms with Crippen molar-refractivity contribution >= 4 is 0 Å². The predicted molar refractivity (Wildman–Crippen MR) is 64.0 cm³/mol. The molecule has 1 saturated carbocycles. The lowest BCUT2D eigenvalue weighted by atomic mass is 10.2. The van der Waals surface area contributed by atoms with Gasteiger partial charge >= 0.3 is 0 Å². The van der Waals surface area contributed by atoms with Crippen molar-refractivity contribution in [2.24, 2.45) is 0 Å². The van der Waals surface area contributed by atoms with Crippen molar-refractivity contribution in [1.29, 1.82) is 0 Å². The number of pyridine rings is 1. The molecule has 2 atom stereocenters. The van der Waals surface area contributed by atoms with E-state index in [1.165, 1.54) is 0 Å². The second-order valence-electron chi connectivity index (χ2n) is 4.50. The molecule has 0 aromatic carbocycles. The average Bonchev–Trinajstić information content (AvgIpc) is 2.74. The van der Waals surface area contributed by atoms with Crippen molar-refractivity contribution in [1.82, 2.24) is 9.88 Å². The molecule has 1 aliphatic rings. The highest BCUT2D eigenvalue weighted by Gasteiger charge is 2.27. The van der Waals surface area contributed by atoms with E-state index >= 15 is 0 Å². The van der Waals surface area contributed by atoms with Crippen LogP contribution in [0.2, 0.25) is 0 Å². The topological polar surface area (TPSA) is 36.4 Å². The summed E-state index contributed by atoms with van der Waals surface area (Å²) in [6.45, 7) is 4.09. The van der Waals surface area contributed by atoms with Gasteiger partial charge in [-0.15, -0.1) is 0 Å². The summed E-state index contributed by atoms with van der Waals surface area (Å²) in [5.41, 5.74) is 1.12. The van der Waals surface area contributed by atoms with Gasteiger partial charge in [-0.05, 0) is 37.9 Å². The highest BCUT2D eigenvalue weighted by molar-refractivity contribution is 5.03. The van der Waals surface area contributed by atoms with E-state index in [0.29, 0.717) is 6.04 Å². The Bertz CT molecular complexity index is 315. The van der Waals surface area contributed by atoms with Crippen LogP contribution >= 0.6 is 0 Å². The summed E-state index contributed by atoms with van der Waals surface area (Å²) in [4.78, 5) is 6.77. The Labute approximate surface area is 97.1 Å². The molecule has 1 fully saturated rings. The molecule has 1 N–H and O–H groups in total. The first kappa shape index (κ1) is 11.6. The molecule has 1 aromatic rings. The molecule has 0 amide bonds. The third-order valence-corrected chi connectivity index (χ3v) is 3.39. The number of hydrogen-bond acceptors (Lipinski definition) is 3. The van der Waals surface area contributed by atoms with Gasteiger partial charge in [-0.1, -0.05) is 13.0 Å². The number of aromatic nitrogens is 1. The molecule has 88 valence electrons. The Morgan fingerprint density at radius 1 is 1.44 bits per heavy atom. The lowest BCUT2D eigenvalue weighted by Crippen LogP contribution is -2.33. The molecule has 0 bridgehead atoms. The van der Waals surface area contributed by atoms with E-state index in [0.717, 1.165) is 38.0 Å². The van der Waals surface area contributed by atoms with Gasteiger partial charge in [-0.3, -0.25) is 9.88 Å². The normalized spacial score (nSPS) is 25.2. The van der Waals surface area contributed by atoms with E-state index in [2.05, 4.69) is 22.9 Å². The van der Waals surface area contributed by atoms with Gasteiger partial charge < -0.3 is 5.11 Å². The Morgan fingerprint density at radius 2 is 2.31 bits per heavy atom. The number of hydrogen-bond donors (Lipinski definition) is 1. The van der Waals surface area contributed by atoms with Gasteiger partial charge in [-0.25, -0.2) is 0 Å². The SMILES string of the molecule is CCN(Cc1ccccn1)C1CCC(O)C1. The van der Waals surface area contributed by atoms with E-state index in [9.17, 15) is 5.11 Å². The molecule has 1 aliphatic carbocycles. The van der Waals surface area contributed by atoms with Crippen LogP contribution in [0.5, 0.6) is 0 Å². The zero-order valence-corrected chi connectivity index (χ0v) is 9.84. The fraction of sp³-hybridized carbons (Fsp3) is 0.615. The smallest absolute Gasteiger partial charge is 0.0555 e. The second-order valence-corrected chi connectivity index (χ2v) is 4.50. The minimum absolute atomic E-state index is 0.0946. The summed E-state index contributed by atoms with van der Waals surface area (Å²) in [5.74, 6) is 0. The Balaban J connectivity index is 1.96. The maximum atomic E-state index is 9.57. The molecule has 2 unspecified atom stereocenters. The second kappa shape index (κ2) is 5.41. The van der Waals surface area contributed by atoms with E-state index < -0.39 is 0 Å². The summed E-state index contributed by atoms with van der Waals surface area (Å²) in [7, 11) is 0. The third kappa shape index (κ3) is 2.80. The summed E-state index contributed by atoms with van der Waals surface area (Å²) < 4.78 is 0. The number of rotatable bonds is 4. The first-order chi connectivity index (χ1) is 7.79. The van der Waals surface area contributed by atoms with Crippen molar-refractivity contribution in [3.05, 3.63) is 30.1 Å². The Hall–Kier alpha value is -0.930. The van der Waals surface area contributed by atoms with Crippen molar-refractivity contribution in [3.8, 4) is 0 Å². The monoisotopic (exact) mass is 220 g/mol. The fourth-order valence-corrected chi connectivity index (χ4v) is 2.47. The maximum absolute atomic E-state index is 9.57. The van der Waals surface area contributed by atoms with Gasteiger partial charge in [0.2, 0.25) is 0 Å². The lowest BCUT2D eigenvalue weighted by Gasteiger charge is -2.26. The van der Waals surface area contributed by atoms with Crippen LogP contribution in [0, 0.1) is 0 Å². The predicted octanol–water partition coefficient (Wildman–Crippen LogP) is 1.82. The van der Waals surface area contributed by atoms with Gasteiger partial charge in [0.05, 0.1) is 11.8 Å². The Morgan fingerprint density at radius 3 is 2.88 bits per heavy atom.